The Balaban J connectivity index is 1.92. The molecule has 2 N–H and O–H groups in total. The topological polar surface area (TPSA) is 56.7 Å². The van der Waals surface area contributed by atoms with Crippen molar-refractivity contribution >= 4 is 0 Å². The minimum absolute atomic E-state index is 0.313. The number of hydrogen-bond donors (Lipinski definition) is 1. The van der Waals surface area contributed by atoms with Gasteiger partial charge in [0.2, 0.25) is 0 Å². The molecule has 1 atom stereocenters. The standard InChI is InChI=1S/C15H12F2N4/c16-11-6-10(7-12(17)8-11)15(18)14-9-19-21(20-14)13-4-2-1-3-5-13/h1-9,15H,18H2. The molecule has 0 bridgehead atoms. The van der Waals surface area contributed by atoms with Gasteiger partial charge in [-0.3, -0.25) is 0 Å². The van der Waals surface area contributed by atoms with Gasteiger partial charge < -0.3 is 5.73 Å². The quantitative estimate of drug-likeness (QED) is 0.805. The Morgan fingerprint density at radius 3 is 2.33 bits per heavy atom. The van der Waals surface area contributed by atoms with Crippen LogP contribution in [-0.2, 0) is 0 Å². The third-order valence-electron chi connectivity index (χ3n) is 3.06. The van der Waals surface area contributed by atoms with Gasteiger partial charge in [0.05, 0.1) is 17.9 Å². The predicted molar refractivity (Wildman–Crippen MR) is 73.7 cm³/mol. The third-order valence-corrected chi connectivity index (χ3v) is 3.06. The van der Waals surface area contributed by atoms with Crippen LogP contribution in [0.1, 0.15) is 17.3 Å². The van der Waals surface area contributed by atoms with E-state index in [1.165, 1.54) is 23.1 Å². The number of halogens is 2. The van der Waals surface area contributed by atoms with Crippen LogP contribution in [0.2, 0.25) is 0 Å². The summed E-state index contributed by atoms with van der Waals surface area (Å²) >= 11 is 0. The van der Waals surface area contributed by atoms with Gasteiger partial charge in [-0.2, -0.15) is 15.0 Å². The van der Waals surface area contributed by atoms with Gasteiger partial charge in [0, 0.05) is 6.07 Å². The summed E-state index contributed by atoms with van der Waals surface area (Å²) in [6.45, 7) is 0. The second kappa shape index (κ2) is 5.41. The monoisotopic (exact) mass is 286 g/mol. The zero-order chi connectivity index (χ0) is 14.8. The lowest BCUT2D eigenvalue weighted by Crippen LogP contribution is -2.13. The SMILES string of the molecule is NC(c1cc(F)cc(F)c1)c1cnn(-c2ccccc2)n1. The van der Waals surface area contributed by atoms with E-state index < -0.39 is 17.7 Å². The van der Waals surface area contributed by atoms with Gasteiger partial charge in [-0.1, -0.05) is 18.2 Å². The minimum atomic E-state index is -0.743. The molecule has 21 heavy (non-hydrogen) atoms. The van der Waals surface area contributed by atoms with E-state index in [1.807, 2.05) is 30.3 Å². The smallest absolute Gasteiger partial charge is 0.126 e. The van der Waals surface area contributed by atoms with Crippen molar-refractivity contribution in [1.29, 1.82) is 0 Å². The molecule has 1 unspecified atom stereocenters. The van der Waals surface area contributed by atoms with E-state index in [4.69, 9.17) is 5.73 Å². The number of nitrogens with zero attached hydrogens (tertiary/aromatic N) is 3. The first-order chi connectivity index (χ1) is 10.1. The van der Waals surface area contributed by atoms with Crippen LogP contribution in [0.3, 0.4) is 0 Å². The molecule has 0 radical (unpaired) electrons. The molecule has 106 valence electrons. The summed E-state index contributed by atoms with van der Waals surface area (Å²) < 4.78 is 26.5. The summed E-state index contributed by atoms with van der Waals surface area (Å²) in [6.07, 6.45) is 1.49. The van der Waals surface area contributed by atoms with Crippen LogP contribution < -0.4 is 5.73 Å². The predicted octanol–water partition coefficient (Wildman–Crippen LogP) is 2.59. The van der Waals surface area contributed by atoms with Crippen LogP contribution in [0.25, 0.3) is 5.69 Å². The number of hydrogen-bond acceptors (Lipinski definition) is 3. The van der Waals surface area contributed by atoms with Crippen molar-refractivity contribution in [3.63, 3.8) is 0 Å². The highest BCUT2D eigenvalue weighted by Gasteiger charge is 2.15. The highest BCUT2D eigenvalue weighted by atomic mass is 19.1. The molecule has 0 amide bonds. The van der Waals surface area contributed by atoms with Gasteiger partial charge in [-0.05, 0) is 29.8 Å². The van der Waals surface area contributed by atoms with E-state index in [0.717, 1.165) is 11.8 Å². The minimum Gasteiger partial charge on any atom is -0.319 e. The van der Waals surface area contributed by atoms with E-state index in [0.29, 0.717) is 11.3 Å². The lowest BCUT2D eigenvalue weighted by atomic mass is 10.1. The Bertz CT molecular complexity index is 735. The average Bonchev–Trinajstić information content (AvgIpc) is 2.96. The zero-order valence-electron chi connectivity index (χ0n) is 10.9. The molecule has 4 nitrogen and oxygen atoms in total. The van der Waals surface area contributed by atoms with E-state index in [9.17, 15) is 8.78 Å². The lowest BCUT2D eigenvalue weighted by molar-refractivity contribution is 0.576. The molecule has 3 rings (SSSR count). The first-order valence-corrected chi connectivity index (χ1v) is 6.33. The number of aromatic nitrogens is 3. The third kappa shape index (κ3) is 2.80. The Morgan fingerprint density at radius 1 is 1.00 bits per heavy atom. The van der Waals surface area contributed by atoms with Crippen molar-refractivity contribution in [2.75, 3.05) is 0 Å². The summed E-state index contributed by atoms with van der Waals surface area (Å²) in [5.41, 5.74) is 7.52. The van der Waals surface area contributed by atoms with Crippen molar-refractivity contribution in [1.82, 2.24) is 15.0 Å². The molecule has 0 aliphatic rings. The summed E-state index contributed by atoms with van der Waals surface area (Å²) in [4.78, 5) is 1.42. The summed E-state index contributed by atoms with van der Waals surface area (Å²) in [5, 5.41) is 8.37. The summed E-state index contributed by atoms with van der Waals surface area (Å²) in [5.74, 6) is -1.34. The van der Waals surface area contributed by atoms with Gasteiger partial charge in [0.15, 0.2) is 0 Å². The molecule has 3 aromatic rings. The van der Waals surface area contributed by atoms with Crippen LogP contribution >= 0.6 is 0 Å². The maximum Gasteiger partial charge on any atom is 0.126 e. The second-order valence-electron chi connectivity index (χ2n) is 4.57. The van der Waals surface area contributed by atoms with Crippen molar-refractivity contribution in [3.05, 3.63) is 77.6 Å². The number of para-hydroxylation sites is 1. The number of rotatable bonds is 3. The van der Waals surface area contributed by atoms with Crippen LogP contribution in [0.5, 0.6) is 0 Å². The molecule has 0 aliphatic heterocycles. The number of nitrogens with two attached hydrogens (primary N) is 1. The highest BCUT2D eigenvalue weighted by Crippen LogP contribution is 2.20. The van der Waals surface area contributed by atoms with Crippen LogP contribution in [-0.4, -0.2) is 15.0 Å². The Morgan fingerprint density at radius 2 is 1.67 bits per heavy atom. The molecule has 0 spiro atoms. The molecule has 1 heterocycles. The Kier molecular flexibility index (Phi) is 3.45. The molecule has 0 saturated heterocycles. The van der Waals surface area contributed by atoms with E-state index in [2.05, 4.69) is 10.2 Å². The van der Waals surface area contributed by atoms with Crippen LogP contribution in [0.15, 0.2) is 54.7 Å². The maximum atomic E-state index is 13.2. The highest BCUT2D eigenvalue weighted by molar-refractivity contribution is 5.30. The van der Waals surface area contributed by atoms with Crippen molar-refractivity contribution in [3.8, 4) is 5.69 Å². The van der Waals surface area contributed by atoms with Crippen molar-refractivity contribution in [2.45, 2.75) is 6.04 Å². The van der Waals surface area contributed by atoms with Crippen molar-refractivity contribution < 1.29 is 8.78 Å². The zero-order valence-corrected chi connectivity index (χ0v) is 10.9. The maximum absolute atomic E-state index is 13.2. The second-order valence-corrected chi connectivity index (χ2v) is 4.57. The first kappa shape index (κ1) is 13.4. The molecule has 6 heteroatoms. The van der Waals surface area contributed by atoms with E-state index in [-0.39, 0.29) is 0 Å². The van der Waals surface area contributed by atoms with Gasteiger partial charge in [0.25, 0.3) is 0 Å². The fourth-order valence-corrected chi connectivity index (χ4v) is 2.03. The summed E-state index contributed by atoms with van der Waals surface area (Å²) in [6, 6.07) is 11.7. The molecule has 0 fully saturated rings. The van der Waals surface area contributed by atoms with Crippen LogP contribution in [0.4, 0.5) is 8.78 Å². The van der Waals surface area contributed by atoms with Gasteiger partial charge >= 0.3 is 0 Å². The average molecular weight is 286 g/mol. The van der Waals surface area contributed by atoms with Gasteiger partial charge in [-0.15, -0.1) is 0 Å². The lowest BCUT2D eigenvalue weighted by Gasteiger charge is -2.09. The fourth-order valence-electron chi connectivity index (χ4n) is 2.03. The van der Waals surface area contributed by atoms with E-state index >= 15 is 0 Å². The molecular weight excluding hydrogens is 274 g/mol. The van der Waals surface area contributed by atoms with Crippen molar-refractivity contribution in [2.24, 2.45) is 5.73 Å². The Hall–Kier alpha value is -2.60. The molecular formula is C15H12F2N4. The normalized spacial score (nSPS) is 12.3. The fraction of sp³-hybridized carbons (Fsp3) is 0.0667. The Labute approximate surface area is 119 Å². The summed E-state index contributed by atoms with van der Waals surface area (Å²) in [7, 11) is 0. The van der Waals surface area contributed by atoms with Crippen LogP contribution in [0, 0.1) is 11.6 Å². The molecule has 1 aromatic heterocycles. The van der Waals surface area contributed by atoms with Gasteiger partial charge in [-0.25, -0.2) is 8.78 Å². The largest absolute Gasteiger partial charge is 0.319 e. The molecule has 2 aromatic carbocycles. The first-order valence-electron chi connectivity index (χ1n) is 6.33. The molecule has 0 saturated carbocycles. The number of benzene rings is 2. The molecule has 0 aliphatic carbocycles. The van der Waals surface area contributed by atoms with E-state index in [1.54, 1.807) is 0 Å². The van der Waals surface area contributed by atoms with Gasteiger partial charge in [0.1, 0.15) is 17.3 Å².